The van der Waals surface area contributed by atoms with Crippen molar-refractivity contribution in [3.05, 3.63) is 76.9 Å². The molecule has 4 rings (SSSR count). The molecular weight excluding hydrogens is 504 g/mol. The zero-order valence-corrected chi connectivity index (χ0v) is 23.2. The number of alkyl halides is 4. The van der Waals surface area contributed by atoms with Gasteiger partial charge in [0.1, 0.15) is 11.9 Å². The van der Waals surface area contributed by atoms with Crippen molar-refractivity contribution in [2.75, 3.05) is 40.3 Å². The smallest absolute Gasteiger partial charge is 0.416 e. The summed E-state index contributed by atoms with van der Waals surface area (Å²) in [6.45, 7) is 7.25. The van der Waals surface area contributed by atoms with Crippen molar-refractivity contribution in [3.8, 4) is 28.0 Å². The zero-order valence-electron chi connectivity index (χ0n) is 23.2. The summed E-state index contributed by atoms with van der Waals surface area (Å²) in [5, 5.41) is 0. The first kappa shape index (κ1) is 29.1. The third kappa shape index (κ3) is 7.20. The van der Waals surface area contributed by atoms with Crippen LogP contribution >= 0.6 is 0 Å². The van der Waals surface area contributed by atoms with E-state index >= 15 is 0 Å². The highest BCUT2D eigenvalue weighted by Gasteiger charge is 2.34. The molecule has 1 aliphatic rings. The average molecular weight is 543 g/mol. The highest BCUT2D eigenvalue weighted by molar-refractivity contribution is 5.80. The second kappa shape index (κ2) is 12.5. The molecule has 0 bridgehead atoms. The van der Waals surface area contributed by atoms with Crippen LogP contribution in [0.3, 0.4) is 0 Å². The van der Waals surface area contributed by atoms with Gasteiger partial charge in [-0.25, -0.2) is 4.39 Å². The molecule has 0 atom stereocenters. The molecular formula is C32H38F4N2O. The Bertz CT molecular complexity index is 1260. The maximum absolute atomic E-state index is 13.9. The van der Waals surface area contributed by atoms with Crippen LogP contribution in [-0.4, -0.2) is 56.3 Å². The molecule has 210 valence electrons. The van der Waals surface area contributed by atoms with Crippen LogP contribution in [0.5, 0.6) is 5.75 Å². The monoisotopic (exact) mass is 542 g/mol. The maximum Gasteiger partial charge on any atom is 0.416 e. The van der Waals surface area contributed by atoms with Crippen LogP contribution in [0.1, 0.15) is 41.5 Å². The summed E-state index contributed by atoms with van der Waals surface area (Å²) in [7, 11) is 3.52. The number of hydrogen-bond acceptors (Lipinski definition) is 3. The van der Waals surface area contributed by atoms with Crippen molar-refractivity contribution in [3.63, 3.8) is 0 Å². The van der Waals surface area contributed by atoms with E-state index < -0.39 is 17.9 Å². The van der Waals surface area contributed by atoms with Crippen LogP contribution in [0, 0.1) is 13.8 Å². The standard InChI is InChI=1S/C32H38F4N2O/c1-22-27(24-12-13-25(21-37(3)4)30(20-24)32(34,35)36)8-5-9-28(22)29-10-6-11-31(23(29)2)39-19-7-16-38-17-14-26(33)15-18-38/h5-6,8-13,20,26H,7,14-19,21H2,1-4H3. The lowest BCUT2D eigenvalue weighted by Crippen LogP contribution is -2.35. The Morgan fingerprint density at radius 3 is 2.21 bits per heavy atom. The van der Waals surface area contributed by atoms with E-state index in [4.69, 9.17) is 4.74 Å². The lowest BCUT2D eigenvalue weighted by Gasteiger charge is -2.28. The minimum absolute atomic E-state index is 0.219. The molecule has 3 aromatic rings. The van der Waals surface area contributed by atoms with Gasteiger partial charge in [-0.2, -0.15) is 13.2 Å². The summed E-state index contributed by atoms with van der Waals surface area (Å²) in [6, 6.07) is 16.3. The van der Waals surface area contributed by atoms with Crippen molar-refractivity contribution < 1.29 is 22.3 Å². The predicted molar refractivity (Wildman–Crippen MR) is 150 cm³/mol. The average Bonchev–Trinajstić information content (AvgIpc) is 2.88. The van der Waals surface area contributed by atoms with Gasteiger partial charge in [0.2, 0.25) is 0 Å². The van der Waals surface area contributed by atoms with E-state index in [0.29, 0.717) is 25.0 Å². The Labute approximate surface area is 229 Å². The largest absolute Gasteiger partial charge is 0.493 e. The number of halogens is 4. The first-order chi connectivity index (χ1) is 18.5. The fourth-order valence-corrected chi connectivity index (χ4v) is 5.38. The minimum atomic E-state index is -4.43. The fourth-order valence-electron chi connectivity index (χ4n) is 5.38. The second-order valence-electron chi connectivity index (χ2n) is 10.7. The summed E-state index contributed by atoms with van der Waals surface area (Å²) < 4.78 is 61.3. The van der Waals surface area contributed by atoms with Crippen molar-refractivity contribution in [2.24, 2.45) is 0 Å². The maximum atomic E-state index is 13.9. The summed E-state index contributed by atoms with van der Waals surface area (Å²) in [4.78, 5) is 4.02. The number of hydrogen-bond donors (Lipinski definition) is 0. The van der Waals surface area contributed by atoms with Gasteiger partial charge in [-0.3, -0.25) is 0 Å². The molecule has 39 heavy (non-hydrogen) atoms. The van der Waals surface area contributed by atoms with Crippen molar-refractivity contribution in [1.82, 2.24) is 9.80 Å². The molecule has 0 unspecified atom stereocenters. The van der Waals surface area contributed by atoms with E-state index in [1.54, 1.807) is 31.1 Å². The Kier molecular flexibility index (Phi) is 9.34. The Morgan fingerprint density at radius 2 is 1.54 bits per heavy atom. The molecule has 0 aliphatic carbocycles. The molecule has 0 spiro atoms. The number of piperidine rings is 1. The van der Waals surface area contributed by atoms with E-state index in [1.165, 1.54) is 6.07 Å². The van der Waals surface area contributed by atoms with E-state index in [1.807, 2.05) is 50.2 Å². The van der Waals surface area contributed by atoms with Gasteiger partial charge in [-0.1, -0.05) is 42.5 Å². The number of ether oxygens (including phenoxy) is 1. The van der Waals surface area contributed by atoms with Gasteiger partial charge >= 0.3 is 6.18 Å². The van der Waals surface area contributed by atoms with Gasteiger partial charge in [0.15, 0.2) is 0 Å². The lowest BCUT2D eigenvalue weighted by molar-refractivity contribution is -0.138. The minimum Gasteiger partial charge on any atom is -0.493 e. The van der Waals surface area contributed by atoms with Crippen LogP contribution in [0.4, 0.5) is 17.6 Å². The van der Waals surface area contributed by atoms with Crippen LogP contribution < -0.4 is 4.74 Å². The van der Waals surface area contributed by atoms with Crippen LogP contribution in [-0.2, 0) is 12.7 Å². The first-order valence-corrected chi connectivity index (χ1v) is 13.6. The lowest BCUT2D eigenvalue weighted by atomic mass is 9.89. The van der Waals surface area contributed by atoms with Gasteiger partial charge in [-0.05, 0) is 98.3 Å². The quantitative estimate of drug-likeness (QED) is 0.202. The number of nitrogens with zero attached hydrogens (tertiary/aromatic N) is 2. The van der Waals surface area contributed by atoms with Gasteiger partial charge in [-0.15, -0.1) is 0 Å². The van der Waals surface area contributed by atoms with Crippen LogP contribution in [0.25, 0.3) is 22.3 Å². The molecule has 3 aromatic carbocycles. The summed E-state index contributed by atoms with van der Waals surface area (Å²) >= 11 is 0. The van der Waals surface area contributed by atoms with Gasteiger partial charge in [0, 0.05) is 26.2 Å². The van der Waals surface area contributed by atoms with Crippen LogP contribution in [0.15, 0.2) is 54.6 Å². The fraction of sp³-hybridized carbons (Fsp3) is 0.438. The molecule has 1 heterocycles. The third-order valence-corrected chi connectivity index (χ3v) is 7.51. The molecule has 0 saturated carbocycles. The van der Waals surface area contributed by atoms with E-state index in [2.05, 4.69) is 4.90 Å². The predicted octanol–water partition coefficient (Wildman–Crippen LogP) is 7.92. The molecule has 0 radical (unpaired) electrons. The van der Waals surface area contributed by atoms with Gasteiger partial charge in [0.05, 0.1) is 12.2 Å². The number of benzene rings is 3. The molecule has 3 nitrogen and oxygen atoms in total. The zero-order chi connectivity index (χ0) is 28.2. The van der Waals surface area contributed by atoms with Crippen molar-refractivity contribution >= 4 is 0 Å². The van der Waals surface area contributed by atoms with E-state index in [0.717, 1.165) is 59.6 Å². The molecule has 0 N–H and O–H groups in total. The van der Waals surface area contributed by atoms with Gasteiger partial charge in [0.25, 0.3) is 0 Å². The van der Waals surface area contributed by atoms with E-state index in [9.17, 15) is 17.6 Å². The van der Waals surface area contributed by atoms with Gasteiger partial charge < -0.3 is 14.5 Å². The van der Waals surface area contributed by atoms with E-state index in [-0.39, 0.29) is 12.1 Å². The highest BCUT2D eigenvalue weighted by atomic mass is 19.4. The molecule has 1 aliphatic heterocycles. The molecule has 0 amide bonds. The SMILES string of the molecule is Cc1c(OCCCN2CCC(F)CC2)cccc1-c1cccc(-c2ccc(CN(C)C)c(C(F)(F)F)c2)c1C. The molecule has 7 heteroatoms. The summed E-state index contributed by atoms with van der Waals surface area (Å²) in [5.74, 6) is 0.798. The number of rotatable bonds is 9. The topological polar surface area (TPSA) is 15.7 Å². The Morgan fingerprint density at radius 1 is 0.897 bits per heavy atom. The first-order valence-electron chi connectivity index (χ1n) is 13.6. The molecule has 1 saturated heterocycles. The van der Waals surface area contributed by atoms with Crippen molar-refractivity contribution in [2.45, 2.75) is 52.0 Å². The third-order valence-electron chi connectivity index (χ3n) is 7.51. The molecule has 0 aromatic heterocycles. The highest BCUT2D eigenvalue weighted by Crippen LogP contribution is 2.39. The van der Waals surface area contributed by atoms with Crippen molar-refractivity contribution in [1.29, 1.82) is 0 Å². The number of likely N-dealkylation sites (tertiary alicyclic amines) is 1. The normalized spacial score (nSPS) is 15.2. The second-order valence-corrected chi connectivity index (χ2v) is 10.7. The Balaban J connectivity index is 1.55. The Hall–Kier alpha value is -2.90. The van der Waals surface area contributed by atoms with Crippen LogP contribution in [0.2, 0.25) is 0 Å². The molecule has 1 fully saturated rings. The summed E-state index contributed by atoms with van der Waals surface area (Å²) in [6.07, 6.45) is -3.02. The summed E-state index contributed by atoms with van der Waals surface area (Å²) in [5.41, 5.74) is 4.86.